The zero-order valence-electron chi connectivity index (χ0n) is 17.1. The second-order valence-corrected chi connectivity index (χ2v) is 8.84. The highest BCUT2D eigenvalue weighted by Gasteiger charge is 2.39. The molecule has 31 heavy (non-hydrogen) atoms. The van der Waals surface area contributed by atoms with Crippen LogP contribution in [0.5, 0.6) is 11.5 Å². The smallest absolute Gasteiger partial charge is 0.175 e. The topological polar surface area (TPSA) is 30.5 Å². The number of nitrogens with one attached hydrogen (secondary N) is 1. The van der Waals surface area contributed by atoms with E-state index in [1.807, 2.05) is 42.5 Å². The van der Waals surface area contributed by atoms with Crippen molar-refractivity contribution in [2.75, 3.05) is 12.4 Å². The first-order chi connectivity index (χ1) is 15.2. The number of para-hydroxylation sites is 1. The molecule has 1 heterocycles. The Labute approximate surface area is 190 Å². The molecule has 0 radical (unpaired) electrons. The molecule has 5 rings (SSSR count). The van der Waals surface area contributed by atoms with Crippen LogP contribution in [0.1, 0.15) is 35.1 Å². The third-order valence-corrected chi connectivity index (χ3v) is 6.77. The van der Waals surface area contributed by atoms with E-state index in [-0.39, 0.29) is 17.8 Å². The van der Waals surface area contributed by atoms with Crippen molar-refractivity contribution in [2.45, 2.75) is 25.0 Å². The van der Waals surface area contributed by atoms with Gasteiger partial charge in [-0.25, -0.2) is 4.39 Å². The molecule has 5 heteroatoms. The number of benzene rings is 3. The van der Waals surface area contributed by atoms with Crippen molar-refractivity contribution in [3.63, 3.8) is 0 Å². The van der Waals surface area contributed by atoms with Crippen LogP contribution in [0.3, 0.4) is 0 Å². The average Bonchev–Trinajstić information content (AvgIpc) is 3.28. The predicted molar refractivity (Wildman–Crippen MR) is 124 cm³/mol. The predicted octanol–water partition coefficient (Wildman–Crippen LogP) is 7.00. The van der Waals surface area contributed by atoms with Crippen molar-refractivity contribution < 1.29 is 13.9 Å². The summed E-state index contributed by atoms with van der Waals surface area (Å²) in [6.07, 6.45) is 5.36. The second-order valence-electron chi connectivity index (χ2n) is 7.99. The van der Waals surface area contributed by atoms with Crippen molar-refractivity contribution in [2.24, 2.45) is 5.92 Å². The summed E-state index contributed by atoms with van der Waals surface area (Å²) in [6.45, 7) is 0.448. The van der Waals surface area contributed by atoms with Gasteiger partial charge in [-0.05, 0) is 63.2 Å². The summed E-state index contributed by atoms with van der Waals surface area (Å²) in [5.74, 6) is 1.63. The maximum atomic E-state index is 14.6. The molecular weight excluding hydrogens is 457 g/mol. The Bertz CT molecular complexity index is 1130. The molecular formula is C26H23BrFNO2. The Balaban J connectivity index is 1.48. The highest BCUT2D eigenvalue weighted by Crippen LogP contribution is 2.51. The van der Waals surface area contributed by atoms with Gasteiger partial charge in [0, 0.05) is 5.92 Å². The minimum atomic E-state index is -0.213. The van der Waals surface area contributed by atoms with E-state index in [2.05, 4.69) is 39.5 Å². The van der Waals surface area contributed by atoms with E-state index in [1.54, 1.807) is 13.2 Å². The van der Waals surface area contributed by atoms with Gasteiger partial charge in [0.15, 0.2) is 11.5 Å². The monoisotopic (exact) mass is 479 g/mol. The quantitative estimate of drug-likeness (QED) is 0.399. The maximum Gasteiger partial charge on any atom is 0.175 e. The van der Waals surface area contributed by atoms with E-state index in [0.717, 1.165) is 27.6 Å². The number of rotatable bonds is 5. The molecule has 0 bridgehead atoms. The van der Waals surface area contributed by atoms with Crippen LogP contribution in [0.25, 0.3) is 0 Å². The van der Waals surface area contributed by atoms with E-state index in [1.165, 1.54) is 6.07 Å². The van der Waals surface area contributed by atoms with Gasteiger partial charge in [0.2, 0.25) is 0 Å². The van der Waals surface area contributed by atoms with E-state index < -0.39 is 0 Å². The third kappa shape index (κ3) is 3.72. The Morgan fingerprint density at radius 1 is 1.10 bits per heavy atom. The van der Waals surface area contributed by atoms with E-state index in [4.69, 9.17) is 9.47 Å². The van der Waals surface area contributed by atoms with Gasteiger partial charge in [-0.2, -0.15) is 0 Å². The molecule has 0 saturated carbocycles. The normalized spacial score (nSPS) is 21.2. The number of methoxy groups -OCH3 is 1. The molecule has 0 aromatic heterocycles. The molecule has 3 atom stereocenters. The lowest BCUT2D eigenvalue weighted by atomic mass is 9.77. The highest BCUT2D eigenvalue weighted by molar-refractivity contribution is 9.10. The van der Waals surface area contributed by atoms with Gasteiger partial charge < -0.3 is 14.8 Å². The number of hydrogen-bond donors (Lipinski definition) is 1. The molecule has 0 fully saturated rings. The summed E-state index contributed by atoms with van der Waals surface area (Å²) in [5, 5.41) is 3.48. The van der Waals surface area contributed by atoms with Crippen LogP contribution in [0.2, 0.25) is 0 Å². The average molecular weight is 480 g/mol. The van der Waals surface area contributed by atoms with Gasteiger partial charge in [0.05, 0.1) is 23.3 Å². The summed E-state index contributed by atoms with van der Waals surface area (Å²) in [7, 11) is 1.64. The molecule has 0 spiro atoms. The molecule has 1 N–H and O–H groups in total. The van der Waals surface area contributed by atoms with Gasteiger partial charge in [-0.15, -0.1) is 0 Å². The number of hydrogen-bond acceptors (Lipinski definition) is 3. The van der Waals surface area contributed by atoms with Crippen LogP contribution in [-0.4, -0.2) is 7.11 Å². The number of fused-ring (bicyclic) bond motifs is 3. The second kappa shape index (κ2) is 8.39. The van der Waals surface area contributed by atoms with E-state index >= 15 is 0 Å². The number of halogens is 2. The van der Waals surface area contributed by atoms with Gasteiger partial charge in [-0.3, -0.25) is 0 Å². The fourth-order valence-electron chi connectivity index (χ4n) is 4.70. The largest absolute Gasteiger partial charge is 0.493 e. The van der Waals surface area contributed by atoms with Crippen molar-refractivity contribution in [1.29, 1.82) is 0 Å². The van der Waals surface area contributed by atoms with Crippen molar-refractivity contribution in [3.05, 3.63) is 99.8 Å². The third-order valence-electron chi connectivity index (χ3n) is 6.18. The summed E-state index contributed by atoms with van der Waals surface area (Å²) < 4.78 is 27.2. The van der Waals surface area contributed by atoms with Crippen LogP contribution < -0.4 is 14.8 Å². The Morgan fingerprint density at radius 2 is 1.94 bits per heavy atom. The summed E-state index contributed by atoms with van der Waals surface area (Å²) in [4.78, 5) is 0. The molecule has 1 aliphatic heterocycles. The van der Waals surface area contributed by atoms with E-state index in [9.17, 15) is 4.39 Å². The standard InChI is InChI=1S/C26H23BrFNO2/c1-30-23-14-17(13-21(27)26(23)31-15-16-7-3-2-4-8-16)24-19-10-5-9-18(19)20-11-6-12-22(28)25(20)29-24/h2-9,11-14,18-19,24,29H,10,15H2,1H3/t18-,19+,24+/m1/s1. The Hall–Kier alpha value is -2.79. The summed E-state index contributed by atoms with van der Waals surface area (Å²) >= 11 is 3.68. The minimum absolute atomic E-state index is 0.0298. The minimum Gasteiger partial charge on any atom is -0.493 e. The summed E-state index contributed by atoms with van der Waals surface area (Å²) in [6, 6.07) is 19.4. The van der Waals surface area contributed by atoms with Crippen molar-refractivity contribution in [3.8, 4) is 11.5 Å². The molecule has 3 aromatic carbocycles. The van der Waals surface area contributed by atoms with Gasteiger partial charge >= 0.3 is 0 Å². The molecule has 0 unspecified atom stereocenters. The van der Waals surface area contributed by atoms with Crippen LogP contribution in [0.4, 0.5) is 10.1 Å². The molecule has 1 aliphatic carbocycles. The summed E-state index contributed by atoms with van der Waals surface area (Å²) in [5.41, 5.74) is 3.76. The maximum absolute atomic E-state index is 14.6. The zero-order chi connectivity index (χ0) is 21.4. The molecule has 3 aromatic rings. The highest BCUT2D eigenvalue weighted by atomic mass is 79.9. The van der Waals surface area contributed by atoms with Crippen LogP contribution in [0.15, 0.2) is 77.3 Å². The lowest BCUT2D eigenvalue weighted by molar-refractivity contribution is 0.282. The number of ether oxygens (including phenoxy) is 2. The van der Waals surface area contributed by atoms with Gasteiger partial charge in [-0.1, -0.05) is 54.6 Å². The van der Waals surface area contributed by atoms with Gasteiger partial charge in [0.1, 0.15) is 12.4 Å². The lowest BCUT2D eigenvalue weighted by Crippen LogP contribution is -2.29. The fourth-order valence-corrected chi connectivity index (χ4v) is 5.28. The lowest BCUT2D eigenvalue weighted by Gasteiger charge is -2.37. The number of anilines is 1. The molecule has 0 amide bonds. The van der Waals surface area contributed by atoms with Gasteiger partial charge in [0.25, 0.3) is 0 Å². The van der Waals surface area contributed by atoms with Crippen molar-refractivity contribution in [1.82, 2.24) is 0 Å². The first kappa shape index (κ1) is 20.1. The zero-order valence-corrected chi connectivity index (χ0v) is 18.7. The molecule has 2 aliphatic rings. The first-order valence-corrected chi connectivity index (χ1v) is 11.2. The Morgan fingerprint density at radius 3 is 2.74 bits per heavy atom. The number of allylic oxidation sites excluding steroid dienone is 2. The van der Waals surface area contributed by atoms with Crippen LogP contribution in [0, 0.1) is 11.7 Å². The van der Waals surface area contributed by atoms with Crippen LogP contribution >= 0.6 is 15.9 Å². The van der Waals surface area contributed by atoms with E-state index in [0.29, 0.717) is 29.7 Å². The molecule has 158 valence electrons. The first-order valence-electron chi connectivity index (χ1n) is 10.4. The van der Waals surface area contributed by atoms with Crippen LogP contribution in [-0.2, 0) is 6.61 Å². The van der Waals surface area contributed by atoms with Crippen molar-refractivity contribution >= 4 is 21.6 Å². The molecule has 3 nitrogen and oxygen atoms in total. The molecule has 0 saturated heterocycles. The SMILES string of the molecule is COc1cc([C@@H]2Nc3c(F)cccc3[C@@H]3C=CC[C@@H]32)cc(Br)c1OCc1ccccc1. The Kier molecular flexibility index (Phi) is 5.45. The fraction of sp³-hybridized carbons (Fsp3) is 0.231.